The average Bonchev–Trinajstić information content (AvgIpc) is 2.66. The zero-order chi connectivity index (χ0) is 13.5. The summed E-state index contributed by atoms with van der Waals surface area (Å²) >= 11 is 0. The van der Waals surface area contributed by atoms with Crippen LogP contribution in [0.4, 0.5) is 0 Å². The summed E-state index contributed by atoms with van der Waals surface area (Å²) in [5.41, 5.74) is 1.26. The summed E-state index contributed by atoms with van der Waals surface area (Å²) in [6.07, 6.45) is 1.19. The van der Waals surface area contributed by atoms with Gasteiger partial charge in [0.25, 0.3) is 0 Å². The fourth-order valence-corrected chi connectivity index (χ4v) is 2.03. The molecule has 1 rings (SSSR count). The molecule has 3 heteroatoms. The highest BCUT2D eigenvalue weighted by Crippen LogP contribution is 2.16. The third-order valence-corrected chi connectivity index (χ3v) is 3.11. The topological polar surface area (TPSA) is 28.4 Å². The summed E-state index contributed by atoms with van der Waals surface area (Å²) < 4.78 is 5.94. The fourth-order valence-electron chi connectivity index (χ4n) is 2.03. The highest BCUT2D eigenvalue weighted by molar-refractivity contribution is 5.20. The summed E-state index contributed by atoms with van der Waals surface area (Å²) in [6.45, 7) is 14.8. The number of hydrogen-bond acceptors (Lipinski definition) is 3. The molecule has 0 bridgehead atoms. The Morgan fingerprint density at radius 3 is 2.61 bits per heavy atom. The summed E-state index contributed by atoms with van der Waals surface area (Å²) in [4.78, 5) is 2.41. The van der Waals surface area contributed by atoms with E-state index in [1.165, 1.54) is 12.0 Å². The van der Waals surface area contributed by atoms with E-state index >= 15 is 0 Å². The Hall–Kier alpha value is -0.800. The molecule has 18 heavy (non-hydrogen) atoms. The van der Waals surface area contributed by atoms with Gasteiger partial charge in [0.15, 0.2) is 0 Å². The smallest absolute Gasteiger partial charge is 0.120 e. The van der Waals surface area contributed by atoms with Gasteiger partial charge >= 0.3 is 0 Å². The van der Waals surface area contributed by atoms with Gasteiger partial charge < -0.3 is 9.73 Å². The molecule has 1 aromatic rings. The van der Waals surface area contributed by atoms with Crippen molar-refractivity contribution in [3.05, 3.63) is 23.2 Å². The molecule has 0 saturated heterocycles. The van der Waals surface area contributed by atoms with Gasteiger partial charge in [-0.25, -0.2) is 0 Å². The van der Waals surface area contributed by atoms with E-state index in [-0.39, 0.29) is 0 Å². The van der Waals surface area contributed by atoms with E-state index in [2.05, 4.69) is 50.9 Å². The van der Waals surface area contributed by atoms with Crippen molar-refractivity contribution in [2.24, 2.45) is 0 Å². The van der Waals surface area contributed by atoms with Crippen LogP contribution < -0.4 is 5.32 Å². The molecule has 0 spiro atoms. The number of nitrogens with one attached hydrogen (secondary N) is 1. The van der Waals surface area contributed by atoms with Crippen molar-refractivity contribution in [3.63, 3.8) is 0 Å². The first-order valence-corrected chi connectivity index (χ1v) is 7.10. The molecule has 0 aliphatic rings. The van der Waals surface area contributed by atoms with Crippen LogP contribution in [0.3, 0.4) is 0 Å². The number of aryl methyl sites for hydroxylation is 1. The molecule has 1 N–H and O–H groups in total. The zero-order valence-corrected chi connectivity index (χ0v) is 12.5. The van der Waals surface area contributed by atoms with E-state index in [0.29, 0.717) is 6.04 Å². The fraction of sp³-hybridized carbons (Fsp3) is 0.733. The van der Waals surface area contributed by atoms with E-state index in [1.807, 2.05) is 0 Å². The Morgan fingerprint density at radius 2 is 2.06 bits per heavy atom. The SMILES string of the molecule is CCCN(CC)Cc1cc(C)c(CNC(C)C)o1. The maximum atomic E-state index is 5.94. The van der Waals surface area contributed by atoms with E-state index in [4.69, 9.17) is 4.42 Å². The molecular formula is C15H28N2O. The average molecular weight is 252 g/mol. The second-order valence-electron chi connectivity index (χ2n) is 5.22. The van der Waals surface area contributed by atoms with E-state index in [9.17, 15) is 0 Å². The Bertz CT molecular complexity index is 344. The number of hydrogen-bond donors (Lipinski definition) is 1. The van der Waals surface area contributed by atoms with Crippen LogP contribution in [0.15, 0.2) is 10.5 Å². The molecule has 0 radical (unpaired) electrons. The predicted octanol–water partition coefficient (Wildman–Crippen LogP) is 3.32. The van der Waals surface area contributed by atoms with Gasteiger partial charge in [-0.1, -0.05) is 27.7 Å². The van der Waals surface area contributed by atoms with Crippen molar-refractivity contribution in [3.8, 4) is 0 Å². The maximum Gasteiger partial charge on any atom is 0.120 e. The lowest BCUT2D eigenvalue weighted by atomic mass is 10.2. The van der Waals surface area contributed by atoms with Crippen molar-refractivity contribution in [2.75, 3.05) is 13.1 Å². The van der Waals surface area contributed by atoms with Crippen LogP contribution in [-0.4, -0.2) is 24.0 Å². The van der Waals surface area contributed by atoms with Gasteiger partial charge in [0, 0.05) is 6.04 Å². The summed E-state index contributed by atoms with van der Waals surface area (Å²) in [6, 6.07) is 2.67. The second-order valence-corrected chi connectivity index (χ2v) is 5.22. The first kappa shape index (κ1) is 15.3. The molecule has 0 aliphatic carbocycles. The Morgan fingerprint density at radius 1 is 1.33 bits per heavy atom. The summed E-state index contributed by atoms with van der Waals surface area (Å²) in [5, 5.41) is 3.40. The van der Waals surface area contributed by atoms with Crippen molar-refractivity contribution < 1.29 is 4.42 Å². The number of nitrogens with zero attached hydrogens (tertiary/aromatic N) is 1. The van der Waals surface area contributed by atoms with Crippen molar-refractivity contribution in [2.45, 2.75) is 60.2 Å². The molecule has 1 heterocycles. The normalized spacial score (nSPS) is 11.7. The van der Waals surface area contributed by atoms with Crippen molar-refractivity contribution in [1.29, 1.82) is 0 Å². The van der Waals surface area contributed by atoms with Crippen LogP contribution in [0.25, 0.3) is 0 Å². The molecule has 0 amide bonds. The predicted molar refractivity (Wildman–Crippen MR) is 76.7 cm³/mol. The van der Waals surface area contributed by atoms with Crippen molar-refractivity contribution in [1.82, 2.24) is 10.2 Å². The molecule has 0 atom stereocenters. The van der Waals surface area contributed by atoms with Crippen molar-refractivity contribution >= 4 is 0 Å². The molecule has 104 valence electrons. The molecule has 3 nitrogen and oxygen atoms in total. The highest BCUT2D eigenvalue weighted by atomic mass is 16.3. The number of rotatable bonds is 8. The molecule has 1 aromatic heterocycles. The monoisotopic (exact) mass is 252 g/mol. The minimum absolute atomic E-state index is 0.491. The van der Waals surface area contributed by atoms with Gasteiger partial charge in [-0.15, -0.1) is 0 Å². The molecule has 0 unspecified atom stereocenters. The van der Waals surface area contributed by atoms with Crippen LogP contribution >= 0.6 is 0 Å². The number of furan rings is 1. The van der Waals surface area contributed by atoms with Gasteiger partial charge in [0.05, 0.1) is 13.1 Å². The van der Waals surface area contributed by atoms with Crippen LogP contribution in [-0.2, 0) is 13.1 Å². The van der Waals surface area contributed by atoms with Gasteiger partial charge in [-0.2, -0.15) is 0 Å². The van der Waals surface area contributed by atoms with Crippen LogP contribution in [0, 0.1) is 6.92 Å². The Labute approximate surface area is 112 Å². The van der Waals surface area contributed by atoms with E-state index < -0.39 is 0 Å². The first-order chi connectivity index (χ1) is 8.56. The Kier molecular flexibility index (Phi) is 6.44. The van der Waals surface area contributed by atoms with Crippen LogP contribution in [0.1, 0.15) is 51.2 Å². The lowest BCUT2D eigenvalue weighted by Gasteiger charge is -2.17. The van der Waals surface area contributed by atoms with Crippen LogP contribution in [0.2, 0.25) is 0 Å². The van der Waals surface area contributed by atoms with Gasteiger partial charge in [0.2, 0.25) is 0 Å². The largest absolute Gasteiger partial charge is 0.463 e. The molecule has 0 fully saturated rings. The lowest BCUT2D eigenvalue weighted by molar-refractivity contribution is 0.252. The standard InChI is InChI=1S/C15H28N2O/c1-6-8-17(7-2)11-14-9-13(5)15(18-14)10-16-12(3)4/h9,12,16H,6-8,10-11H2,1-5H3. The van der Waals surface area contributed by atoms with Gasteiger partial charge in [0.1, 0.15) is 11.5 Å². The minimum atomic E-state index is 0.491. The quantitative estimate of drug-likeness (QED) is 0.769. The third kappa shape index (κ3) is 4.83. The first-order valence-electron chi connectivity index (χ1n) is 7.10. The van der Waals surface area contributed by atoms with Gasteiger partial charge in [-0.05, 0) is 38.1 Å². The van der Waals surface area contributed by atoms with Gasteiger partial charge in [-0.3, -0.25) is 4.90 Å². The minimum Gasteiger partial charge on any atom is -0.463 e. The summed E-state index contributed by atoms with van der Waals surface area (Å²) in [5.74, 6) is 2.16. The molecule has 0 saturated carbocycles. The second kappa shape index (κ2) is 7.59. The molecular weight excluding hydrogens is 224 g/mol. The maximum absolute atomic E-state index is 5.94. The Balaban J connectivity index is 2.59. The third-order valence-electron chi connectivity index (χ3n) is 3.11. The van der Waals surface area contributed by atoms with Crippen LogP contribution in [0.5, 0.6) is 0 Å². The lowest BCUT2D eigenvalue weighted by Crippen LogP contribution is -2.23. The zero-order valence-electron chi connectivity index (χ0n) is 12.5. The highest BCUT2D eigenvalue weighted by Gasteiger charge is 2.10. The molecule has 0 aromatic carbocycles. The summed E-state index contributed by atoms with van der Waals surface area (Å²) in [7, 11) is 0. The van der Waals surface area contributed by atoms with E-state index in [0.717, 1.165) is 37.7 Å². The van der Waals surface area contributed by atoms with E-state index in [1.54, 1.807) is 0 Å². The molecule has 0 aliphatic heterocycles.